The van der Waals surface area contributed by atoms with Crippen LogP contribution in [0, 0.1) is 0 Å². The molecular formula is C28H29ClN2O3. The van der Waals surface area contributed by atoms with Gasteiger partial charge in [0.2, 0.25) is 5.91 Å². The zero-order valence-electron chi connectivity index (χ0n) is 19.8. The summed E-state index contributed by atoms with van der Waals surface area (Å²) in [5, 5.41) is 0.664. The fraction of sp³-hybridized carbons (Fsp3) is 0.321. The van der Waals surface area contributed by atoms with Gasteiger partial charge in [-0.1, -0.05) is 23.7 Å². The first-order valence-corrected chi connectivity index (χ1v) is 12.0. The third kappa shape index (κ3) is 4.21. The highest BCUT2D eigenvalue weighted by Crippen LogP contribution is 2.44. The largest absolute Gasteiger partial charge is 0.493 e. The van der Waals surface area contributed by atoms with Crippen molar-refractivity contribution in [2.24, 2.45) is 0 Å². The topological polar surface area (TPSA) is 42.0 Å². The summed E-state index contributed by atoms with van der Waals surface area (Å²) in [6.07, 6.45) is 3.83. The number of amides is 1. The van der Waals surface area contributed by atoms with E-state index in [4.69, 9.17) is 21.1 Å². The Morgan fingerprint density at radius 1 is 0.971 bits per heavy atom. The fourth-order valence-electron chi connectivity index (χ4n) is 4.65. The first-order chi connectivity index (χ1) is 16.4. The van der Waals surface area contributed by atoms with Crippen molar-refractivity contribution in [3.05, 3.63) is 82.4 Å². The second-order valence-electron chi connectivity index (χ2n) is 9.18. The number of ether oxygens (including phenoxy) is 2. The fourth-order valence-corrected chi connectivity index (χ4v) is 4.78. The van der Waals surface area contributed by atoms with E-state index in [9.17, 15) is 4.79 Å². The number of anilines is 2. The second kappa shape index (κ2) is 9.22. The van der Waals surface area contributed by atoms with Crippen molar-refractivity contribution < 1.29 is 14.3 Å². The van der Waals surface area contributed by atoms with Crippen LogP contribution in [0.4, 0.5) is 11.4 Å². The van der Waals surface area contributed by atoms with Crippen molar-refractivity contribution in [3.63, 3.8) is 0 Å². The van der Waals surface area contributed by atoms with Crippen LogP contribution in [-0.2, 0) is 11.2 Å². The average molecular weight is 477 g/mol. The van der Waals surface area contributed by atoms with Crippen LogP contribution in [0.2, 0.25) is 5.02 Å². The quantitative estimate of drug-likeness (QED) is 0.436. The average Bonchev–Trinajstić information content (AvgIpc) is 2.81. The third-order valence-corrected chi connectivity index (χ3v) is 7.02. The Balaban J connectivity index is 1.64. The maximum atomic E-state index is 13.6. The minimum absolute atomic E-state index is 0.0415. The Labute approximate surface area is 205 Å². The molecule has 6 heteroatoms. The molecule has 5 rings (SSSR count). The zero-order valence-corrected chi connectivity index (χ0v) is 20.5. The number of halogens is 1. The van der Waals surface area contributed by atoms with Crippen LogP contribution in [0.15, 0.2) is 60.7 Å². The summed E-state index contributed by atoms with van der Waals surface area (Å²) in [4.78, 5) is 17.5. The molecule has 1 amide bonds. The molecule has 0 aromatic heterocycles. The molecule has 0 radical (unpaired) electrons. The van der Waals surface area contributed by atoms with E-state index in [-0.39, 0.29) is 18.1 Å². The molecule has 1 fully saturated rings. The van der Waals surface area contributed by atoms with E-state index in [0.717, 1.165) is 46.7 Å². The molecule has 1 aliphatic carbocycles. The molecule has 3 aromatic carbocycles. The molecule has 1 heterocycles. The highest BCUT2D eigenvalue weighted by atomic mass is 35.5. The summed E-state index contributed by atoms with van der Waals surface area (Å²) in [5.41, 5.74) is 4.95. The van der Waals surface area contributed by atoms with Crippen molar-refractivity contribution in [2.75, 3.05) is 31.0 Å². The molecule has 0 bridgehead atoms. The minimum Gasteiger partial charge on any atom is -0.493 e. The van der Waals surface area contributed by atoms with Crippen LogP contribution in [-0.4, -0.2) is 33.2 Å². The van der Waals surface area contributed by atoms with Crippen LogP contribution < -0.4 is 19.3 Å². The van der Waals surface area contributed by atoms with Crippen molar-refractivity contribution in [3.8, 4) is 11.5 Å². The lowest BCUT2D eigenvalue weighted by Gasteiger charge is -2.38. The number of benzene rings is 3. The maximum absolute atomic E-state index is 13.6. The van der Waals surface area contributed by atoms with Gasteiger partial charge in [-0.25, -0.2) is 0 Å². The summed E-state index contributed by atoms with van der Waals surface area (Å²) in [6, 6.07) is 19.6. The maximum Gasteiger partial charge on any atom is 0.232 e. The predicted octanol–water partition coefficient (Wildman–Crippen LogP) is 6.02. The molecule has 0 N–H and O–H groups in total. The lowest BCUT2D eigenvalue weighted by atomic mass is 9.86. The number of carbonyl (C=O) groups is 1. The molecule has 0 spiro atoms. The Bertz CT molecular complexity index is 1190. The van der Waals surface area contributed by atoms with Gasteiger partial charge in [-0.2, -0.15) is 0 Å². The van der Waals surface area contributed by atoms with Gasteiger partial charge in [0.15, 0.2) is 11.5 Å². The van der Waals surface area contributed by atoms with Crippen molar-refractivity contribution in [1.29, 1.82) is 0 Å². The monoisotopic (exact) mass is 476 g/mol. The summed E-state index contributed by atoms with van der Waals surface area (Å²) in [6.45, 7) is 0. The minimum atomic E-state index is -0.298. The molecule has 34 heavy (non-hydrogen) atoms. The van der Waals surface area contributed by atoms with E-state index < -0.39 is 0 Å². The van der Waals surface area contributed by atoms with E-state index in [2.05, 4.69) is 6.07 Å². The van der Waals surface area contributed by atoms with E-state index in [1.54, 1.807) is 7.11 Å². The first kappa shape index (κ1) is 22.6. The van der Waals surface area contributed by atoms with Gasteiger partial charge in [-0.05, 0) is 84.5 Å². The smallest absolute Gasteiger partial charge is 0.232 e. The highest BCUT2D eigenvalue weighted by molar-refractivity contribution is 6.30. The zero-order chi connectivity index (χ0) is 23.8. The van der Waals surface area contributed by atoms with Crippen molar-refractivity contribution in [2.45, 2.75) is 37.8 Å². The van der Waals surface area contributed by atoms with Crippen molar-refractivity contribution in [1.82, 2.24) is 0 Å². The summed E-state index contributed by atoms with van der Waals surface area (Å²) in [7, 11) is 5.66. The Hall–Kier alpha value is -3.18. The van der Waals surface area contributed by atoms with E-state index in [1.165, 1.54) is 6.42 Å². The molecule has 5 nitrogen and oxygen atoms in total. The molecule has 1 saturated carbocycles. The third-order valence-electron chi connectivity index (χ3n) is 6.76. The molecule has 2 aliphatic rings. The van der Waals surface area contributed by atoms with E-state index in [1.807, 2.05) is 78.5 Å². The van der Waals surface area contributed by atoms with Gasteiger partial charge in [-0.15, -0.1) is 0 Å². The van der Waals surface area contributed by atoms with Gasteiger partial charge in [0.1, 0.15) is 0 Å². The van der Waals surface area contributed by atoms with Gasteiger partial charge < -0.3 is 19.3 Å². The lowest BCUT2D eigenvalue weighted by Crippen LogP contribution is -2.41. The first-order valence-electron chi connectivity index (χ1n) is 11.7. The van der Waals surface area contributed by atoms with Crippen molar-refractivity contribution >= 4 is 28.9 Å². The van der Waals surface area contributed by atoms with Crippen LogP contribution in [0.1, 0.15) is 42.0 Å². The van der Waals surface area contributed by atoms with Gasteiger partial charge >= 0.3 is 0 Å². The number of rotatable bonds is 6. The van der Waals surface area contributed by atoms with E-state index >= 15 is 0 Å². The number of fused-ring (bicyclic) bond motifs is 1. The van der Waals surface area contributed by atoms with E-state index in [0.29, 0.717) is 17.2 Å². The molecular weight excluding hydrogens is 448 g/mol. The van der Waals surface area contributed by atoms with Gasteiger partial charge in [0.25, 0.3) is 0 Å². The van der Waals surface area contributed by atoms with Gasteiger partial charge in [-0.3, -0.25) is 4.79 Å². The van der Waals surface area contributed by atoms with Crippen LogP contribution in [0.25, 0.3) is 0 Å². The summed E-state index contributed by atoms with van der Waals surface area (Å²) in [5.74, 6) is 1.46. The molecule has 0 saturated heterocycles. The van der Waals surface area contributed by atoms with Gasteiger partial charge in [0.05, 0.1) is 25.7 Å². The van der Waals surface area contributed by atoms with Crippen LogP contribution >= 0.6 is 11.6 Å². The number of hydrogen-bond acceptors (Lipinski definition) is 4. The molecule has 1 aliphatic heterocycles. The van der Waals surface area contributed by atoms with Crippen LogP contribution in [0.5, 0.6) is 11.5 Å². The molecule has 0 unspecified atom stereocenters. The Kier molecular flexibility index (Phi) is 6.13. The number of carbonyl (C=O) groups excluding carboxylic acids is 1. The van der Waals surface area contributed by atoms with Gasteiger partial charge in [0, 0.05) is 30.5 Å². The Morgan fingerprint density at radius 2 is 1.68 bits per heavy atom. The summed E-state index contributed by atoms with van der Waals surface area (Å²) >= 11 is 6.20. The molecule has 3 aromatic rings. The summed E-state index contributed by atoms with van der Waals surface area (Å²) < 4.78 is 11.9. The predicted molar refractivity (Wildman–Crippen MR) is 137 cm³/mol. The Morgan fingerprint density at radius 3 is 2.26 bits per heavy atom. The molecule has 176 valence electrons. The molecule has 1 atom stereocenters. The second-order valence-corrected chi connectivity index (χ2v) is 9.61. The standard InChI is InChI=1S/C28H29ClN2O3/c1-30(2)21-11-13-22(14-12-21)31-27(32)16-19-15-25(33-3)26(34-23-5-4-6-23)17-24(19)28(31)18-7-9-20(29)10-8-18/h7-15,17,23,28H,4-6,16H2,1-3H3/t28-/m0/s1. The lowest BCUT2D eigenvalue weighted by molar-refractivity contribution is -0.118. The highest BCUT2D eigenvalue weighted by Gasteiger charge is 2.36. The normalized spacial score (nSPS) is 17.7. The number of nitrogens with zero attached hydrogens (tertiary/aromatic N) is 2. The van der Waals surface area contributed by atoms with Crippen LogP contribution in [0.3, 0.4) is 0 Å². The SMILES string of the molecule is COc1cc2c(cc1OC1CCC1)[C@H](c1ccc(Cl)cc1)N(c1ccc(N(C)C)cc1)C(=O)C2. The number of hydrogen-bond donors (Lipinski definition) is 0. The number of methoxy groups -OCH3 is 1.